The predicted molar refractivity (Wildman–Crippen MR) is 73.8 cm³/mol. The van der Waals surface area contributed by atoms with Gasteiger partial charge in [0.2, 0.25) is 11.9 Å². The molecule has 1 aliphatic carbocycles. The lowest BCUT2D eigenvalue weighted by Crippen LogP contribution is -2.26. The summed E-state index contributed by atoms with van der Waals surface area (Å²) in [4.78, 5) is 12.5. The van der Waals surface area contributed by atoms with E-state index in [4.69, 9.17) is 10.6 Å². The molecule has 1 aromatic heterocycles. The van der Waals surface area contributed by atoms with Gasteiger partial charge >= 0.3 is 6.01 Å². The van der Waals surface area contributed by atoms with Crippen molar-refractivity contribution in [3.05, 3.63) is 0 Å². The number of nitrogen functional groups attached to an aromatic ring is 1. The van der Waals surface area contributed by atoms with Crippen LogP contribution in [0, 0.1) is 11.8 Å². The number of anilines is 2. The van der Waals surface area contributed by atoms with Gasteiger partial charge < -0.3 is 10.1 Å². The third-order valence-electron chi connectivity index (χ3n) is 3.80. The summed E-state index contributed by atoms with van der Waals surface area (Å²) in [7, 11) is 0. The van der Waals surface area contributed by atoms with Crippen LogP contribution in [-0.4, -0.2) is 27.6 Å². The lowest BCUT2D eigenvalue weighted by atomic mass is 9.98. The van der Waals surface area contributed by atoms with Crippen molar-refractivity contribution >= 4 is 11.9 Å². The highest BCUT2D eigenvalue weighted by molar-refractivity contribution is 5.36. The van der Waals surface area contributed by atoms with Crippen molar-refractivity contribution in [1.82, 2.24) is 15.0 Å². The number of hydrogen-bond acceptors (Lipinski definition) is 7. The van der Waals surface area contributed by atoms with Crippen LogP contribution in [0.25, 0.3) is 0 Å². The summed E-state index contributed by atoms with van der Waals surface area (Å²) in [5.41, 5.74) is 2.43. The molecule has 0 radical (unpaired) electrons. The molecule has 0 spiro atoms. The Morgan fingerprint density at radius 3 is 2.53 bits per heavy atom. The Morgan fingerprint density at radius 2 is 1.95 bits per heavy atom. The minimum atomic E-state index is 0.284. The van der Waals surface area contributed by atoms with E-state index >= 15 is 0 Å². The Balaban J connectivity index is 2.12. The Labute approximate surface area is 113 Å². The van der Waals surface area contributed by atoms with Crippen LogP contribution in [0.2, 0.25) is 0 Å². The van der Waals surface area contributed by atoms with Crippen LogP contribution in [0.3, 0.4) is 0 Å². The van der Waals surface area contributed by atoms with Gasteiger partial charge in [0.15, 0.2) is 0 Å². The van der Waals surface area contributed by atoms with Gasteiger partial charge in [0.05, 0.1) is 6.61 Å². The number of nitrogens with one attached hydrogen (secondary N) is 2. The number of nitrogens with two attached hydrogens (primary N) is 1. The second-order valence-corrected chi connectivity index (χ2v) is 5.01. The second-order valence-electron chi connectivity index (χ2n) is 5.01. The molecular formula is C12H22N6O. The Morgan fingerprint density at radius 1 is 1.21 bits per heavy atom. The van der Waals surface area contributed by atoms with Crippen molar-refractivity contribution in [3.8, 4) is 6.01 Å². The molecule has 7 nitrogen and oxygen atoms in total. The van der Waals surface area contributed by atoms with Crippen molar-refractivity contribution in [2.24, 2.45) is 17.7 Å². The minimum absolute atomic E-state index is 0.284. The molecule has 1 aliphatic rings. The zero-order valence-electron chi connectivity index (χ0n) is 11.7. The third-order valence-corrected chi connectivity index (χ3v) is 3.80. The molecule has 0 aliphatic heterocycles. The van der Waals surface area contributed by atoms with Crippen molar-refractivity contribution in [2.75, 3.05) is 17.3 Å². The van der Waals surface area contributed by atoms with E-state index in [0.29, 0.717) is 30.5 Å². The highest BCUT2D eigenvalue weighted by Gasteiger charge is 2.30. The number of rotatable bonds is 5. The highest BCUT2D eigenvalue weighted by atomic mass is 16.5. The van der Waals surface area contributed by atoms with Gasteiger partial charge in [-0.1, -0.05) is 13.8 Å². The quantitative estimate of drug-likeness (QED) is 0.547. The fourth-order valence-electron chi connectivity index (χ4n) is 2.41. The standard InChI is InChI=1S/C12H22N6O/c1-4-19-12-16-10(15-11(17-12)18-13)14-9-6-5-7(2)8(9)3/h7-9H,4-6,13H2,1-3H3,(H2,14,15,16,17,18). The molecule has 1 heterocycles. The first-order valence-electron chi connectivity index (χ1n) is 6.76. The van der Waals surface area contributed by atoms with Crippen LogP contribution < -0.4 is 21.3 Å². The van der Waals surface area contributed by atoms with Crippen LogP contribution in [0.4, 0.5) is 11.9 Å². The fourth-order valence-corrected chi connectivity index (χ4v) is 2.41. The molecule has 19 heavy (non-hydrogen) atoms. The number of ether oxygens (including phenoxy) is 1. The van der Waals surface area contributed by atoms with E-state index < -0.39 is 0 Å². The van der Waals surface area contributed by atoms with E-state index in [1.165, 1.54) is 6.42 Å². The number of hydrogen-bond donors (Lipinski definition) is 3. The number of aromatic nitrogens is 3. The van der Waals surface area contributed by atoms with E-state index in [1.54, 1.807) is 0 Å². The summed E-state index contributed by atoms with van der Waals surface area (Å²) >= 11 is 0. The molecule has 3 atom stereocenters. The molecule has 7 heteroatoms. The first-order valence-corrected chi connectivity index (χ1v) is 6.76. The van der Waals surface area contributed by atoms with Crippen LogP contribution >= 0.6 is 0 Å². The maximum atomic E-state index is 5.36. The van der Waals surface area contributed by atoms with E-state index in [-0.39, 0.29) is 6.01 Å². The molecule has 0 bridgehead atoms. The average Bonchev–Trinajstić information content (AvgIpc) is 2.71. The fraction of sp³-hybridized carbons (Fsp3) is 0.750. The Bertz CT molecular complexity index is 427. The molecule has 1 saturated carbocycles. The summed E-state index contributed by atoms with van der Waals surface area (Å²) in [6, 6.07) is 0.671. The largest absolute Gasteiger partial charge is 0.464 e. The highest BCUT2D eigenvalue weighted by Crippen LogP contribution is 2.32. The maximum Gasteiger partial charge on any atom is 0.323 e. The van der Waals surface area contributed by atoms with Gasteiger partial charge in [-0.3, -0.25) is 5.43 Å². The Hall–Kier alpha value is -1.63. The van der Waals surface area contributed by atoms with Crippen molar-refractivity contribution in [3.63, 3.8) is 0 Å². The average molecular weight is 266 g/mol. The first-order chi connectivity index (χ1) is 9.13. The zero-order chi connectivity index (χ0) is 13.8. The zero-order valence-corrected chi connectivity index (χ0v) is 11.7. The molecule has 0 saturated heterocycles. The molecule has 106 valence electrons. The minimum Gasteiger partial charge on any atom is -0.464 e. The SMILES string of the molecule is CCOc1nc(NN)nc(NC2CCC(C)C2C)n1. The molecule has 3 unspecified atom stereocenters. The van der Waals surface area contributed by atoms with Crippen LogP contribution in [0.15, 0.2) is 0 Å². The lowest BCUT2D eigenvalue weighted by molar-refractivity contribution is 0.312. The van der Waals surface area contributed by atoms with Gasteiger partial charge in [-0.25, -0.2) is 5.84 Å². The monoisotopic (exact) mass is 266 g/mol. The van der Waals surface area contributed by atoms with Crippen molar-refractivity contribution in [1.29, 1.82) is 0 Å². The summed E-state index contributed by atoms with van der Waals surface area (Å²) < 4.78 is 5.30. The van der Waals surface area contributed by atoms with Crippen LogP contribution in [0.5, 0.6) is 6.01 Å². The molecule has 0 amide bonds. The third kappa shape index (κ3) is 3.23. The van der Waals surface area contributed by atoms with E-state index in [2.05, 4.69) is 39.5 Å². The number of hydrazine groups is 1. The van der Waals surface area contributed by atoms with Gasteiger partial charge in [0, 0.05) is 6.04 Å². The van der Waals surface area contributed by atoms with Crippen molar-refractivity contribution in [2.45, 2.75) is 39.7 Å². The van der Waals surface area contributed by atoms with Gasteiger partial charge in [-0.2, -0.15) is 15.0 Å². The van der Waals surface area contributed by atoms with Crippen molar-refractivity contribution < 1.29 is 4.74 Å². The van der Waals surface area contributed by atoms with E-state index in [9.17, 15) is 0 Å². The van der Waals surface area contributed by atoms with E-state index in [1.807, 2.05) is 6.92 Å². The molecule has 0 aromatic carbocycles. The lowest BCUT2D eigenvalue weighted by Gasteiger charge is -2.19. The summed E-state index contributed by atoms with van der Waals surface area (Å²) in [6.07, 6.45) is 2.35. The van der Waals surface area contributed by atoms with Gasteiger partial charge in [0.25, 0.3) is 0 Å². The van der Waals surface area contributed by atoms with Crippen LogP contribution in [0.1, 0.15) is 33.6 Å². The van der Waals surface area contributed by atoms with E-state index in [0.717, 1.165) is 12.3 Å². The van der Waals surface area contributed by atoms with Gasteiger partial charge in [0.1, 0.15) is 0 Å². The smallest absolute Gasteiger partial charge is 0.323 e. The van der Waals surface area contributed by atoms with Gasteiger partial charge in [-0.15, -0.1) is 0 Å². The normalized spacial score (nSPS) is 26.2. The van der Waals surface area contributed by atoms with Crippen LogP contribution in [-0.2, 0) is 0 Å². The van der Waals surface area contributed by atoms with Gasteiger partial charge in [-0.05, 0) is 31.6 Å². The molecule has 2 rings (SSSR count). The summed E-state index contributed by atoms with van der Waals surface area (Å²) in [5, 5.41) is 3.36. The topological polar surface area (TPSA) is 98.0 Å². The first kappa shape index (κ1) is 13.8. The molecular weight excluding hydrogens is 244 g/mol. The second kappa shape index (κ2) is 6.01. The number of nitrogens with zero attached hydrogens (tertiary/aromatic N) is 3. The molecule has 1 fully saturated rings. The summed E-state index contributed by atoms with van der Waals surface area (Å²) in [6.45, 7) is 6.91. The summed E-state index contributed by atoms with van der Waals surface area (Å²) in [5.74, 6) is 7.49. The maximum absolute atomic E-state index is 5.36. The Kier molecular flexibility index (Phi) is 4.36. The molecule has 1 aromatic rings. The molecule has 4 N–H and O–H groups in total. The predicted octanol–water partition coefficient (Wildman–Crippen LogP) is 1.40.